The van der Waals surface area contributed by atoms with Gasteiger partial charge in [-0.1, -0.05) is 12.1 Å². The third-order valence-electron chi connectivity index (χ3n) is 2.98. The van der Waals surface area contributed by atoms with Crippen LogP contribution in [-0.4, -0.2) is 37.0 Å². The van der Waals surface area contributed by atoms with Gasteiger partial charge in [-0.25, -0.2) is 9.18 Å². The summed E-state index contributed by atoms with van der Waals surface area (Å²) in [4.78, 5) is 11.5. The van der Waals surface area contributed by atoms with Crippen molar-refractivity contribution in [1.82, 2.24) is 5.32 Å². The van der Waals surface area contributed by atoms with Crippen LogP contribution in [0.15, 0.2) is 24.3 Å². The predicted octanol–water partition coefficient (Wildman–Crippen LogP) is 1.73. The molecule has 2 rings (SSSR count). The highest BCUT2D eigenvalue weighted by Gasteiger charge is 2.21. The molecule has 1 aromatic carbocycles. The average molecular weight is 282 g/mol. The number of anilines is 1. The number of hydrogen-bond donors (Lipinski definition) is 3. The van der Waals surface area contributed by atoms with E-state index in [4.69, 9.17) is 4.74 Å². The Labute approximate surface area is 117 Å². The second kappa shape index (κ2) is 7.21. The Hall–Kier alpha value is -1.66. The highest BCUT2D eigenvalue weighted by molar-refractivity contribution is 5.89. The summed E-state index contributed by atoms with van der Waals surface area (Å²) < 4.78 is 18.6. The van der Waals surface area contributed by atoms with Gasteiger partial charge in [-0.15, -0.1) is 0 Å². The fraction of sp³-hybridized carbons (Fsp3) is 0.500. The van der Waals surface area contributed by atoms with Crippen LogP contribution in [0.25, 0.3) is 0 Å². The van der Waals surface area contributed by atoms with Crippen molar-refractivity contribution in [1.29, 1.82) is 0 Å². The van der Waals surface area contributed by atoms with Gasteiger partial charge in [0.2, 0.25) is 0 Å². The van der Waals surface area contributed by atoms with Gasteiger partial charge in [0.15, 0.2) is 0 Å². The fourth-order valence-corrected chi connectivity index (χ4v) is 1.65. The number of para-hydroxylation sites is 1. The van der Waals surface area contributed by atoms with Gasteiger partial charge in [0.1, 0.15) is 5.82 Å². The number of ether oxygens (including phenoxy) is 1. The highest BCUT2D eigenvalue weighted by Crippen LogP contribution is 2.28. The van der Waals surface area contributed by atoms with Crippen LogP contribution in [0.1, 0.15) is 12.8 Å². The lowest BCUT2D eigenvalue weighted by molar-refractivity contribution is 0.0339. The topological polar surface area (TPSA) is 70.6 Å². The van der Waals surface area contributed by atoms with E-state index in [1.54, 1.807) is 12.1 Å². The van der Waals surface area contributed by atoms with Crippen LogP contribution < -0.4 is 10.6 Å². The third-order valence-corrected chi connectivity index (χ3v) is 2.98. The van der Waals surface area contributed by atoms with Crippen molar-refractivity contribution in [2.75, 3.05) is 25.1 Å². The van der Waals surface area contributed by atoms with Crippen LogP contribution >= 0.6 is 0 Å². The van der Waals surface area contributed by atoms with Crippen LogP contribution in [0.2, 0.25) is 0 Å². The van der Waals surface area contributed by atoms with E-state index in [0.717, 1.165) is 0 Å². The minimum absolute atomic E-state index is 0.0605. The van der Waals surface area contributed by atoms with Crippen molar-refractivity contribution in [3.05, 3.63) is 30.1 Å². The van der Waals surface area contributed by atoms with Gasteiger partial charge in [0.25, 0.3) is 0 Å². The molecule has 0 aromatic heterocycles. The lowest BCUT2D eigenvalue weighted by Gasteiger charge is -2.13. The Morgan fingerprint density at radius 1 is 1.45 bits per heavy atom. The quantitative estimate of drug-likeness (QED) is 0.713. The molecule has 1 aromatic rings. The Morgan fingerprint density at radius 3 is 2.90 bits per heavy atom. The molecule has 1 aliphatic rings. The summed E-state index contributed by atoms with van der Waals surface area (Å²) in [6.45, 7) is 0.917. The molecule has 0 spiro atoms. The number of rotatable bonds is 7. The zero-order valence-electron chi connectivity index (χ0n) is 11.1. The van der Waals surface area contributed by atoms with Crippen molar-refractivity contribution in [2.24, 2.45) is 5.92 Å². The first-order chi connectivity index (χ1) is 9.65. The number of carbonyl (C=O) groups is 1. The number of benzene rings is 1. The van der Waals surface area contributed by atoms with Crippen molar-refractivity contribution < 1.29 is 19.0 Å². The minimum atomic E-state index is -0.764. The summed E-state index contributed by atoms with van der Waals surface area (Å²) in [6, 6.07) is 5.33. The number of nitrogens with one attached hydrogen (secondary N) is 2. The van der Waals surface area contributed by atoms with Crippen LogP contribution in [0, 0.1) is 11.7 Å². The molecule has 5 nitrogen and oxygen atoms in total. The van der Waals surface area contributed by atoms with E-state index in [1.165, 1.54) is 25.0 Å². The summed E-state index contributed by atoms with van der Waals surface area (Å²) in [5.74, 6) is 0.135. The summed E-state index contributed by atoms with van der Waals surface area (Å²) in [5, 5.41) is 14.4. The molecular weight excluding hydrogens is 263 g/mol. The second-order valence-electron chi connectivity index (χ2n) is 4.95. The van der Waals surface area contributed by atoms with Crippen molar-refractivity contribution in [2.45, 2.75) is 18.9 Å². The van der Waals surface area contributed by atoms with Gasteiger partial charge in [-0.05, 0) is 30.9 Å². The van der Waals surface area contributed by atoms with E-state index in [2.05, 4.69) is 10.6 Å². The molecule has 6 heteroatoms. The molecule has 0 unspecified atom stereocenters. The standard InChI is InChI=1S/C14H19FN2O3/c15-12-3-1-2-4-13(12)17-14(19)16-7-11(18)9-20-8-10-5-6-10/h1-4,10-11,18H,5-9H2,(H2,16,17,19)/t11-/m0/s1. The van der Waals surface area contributed by atoms with Gasteiger partial charge in [-0.3, -0.25) is 0 Å². The van der Waals surface area contributed by atoms with Crippen LogP contribution in [-0.2, 0) is 4.74 Å². The number of halogens is 1. The van der Waals surface area contributed by atoms with E-state index < -0.39 is 18.0 Å². The Morgan fingerprint density at radius 2 is 2.20 bits per heavy atom. The zero-order chi connectivity index (χ0) is 14.4. The first-order valence-electron chi connectivity index (χ1n) is 6.70. The van der Waals surface area contributed by atoms with E-state index in [0.29, 0.717) is 12.5 Å². The lowest BCUT2D eigenvalue weighted by atomic mass is 10.3. The van der Waals surface area contributed by atoms with Gasteiger partial charge in [0.05, 0.1) is 18.4 Å². The SMILES string of the molecule is O=C(NC[C@H](O)COCC1CC1)Nc1ccccc1F. The fourth-order valence-electron chi connectivity index (χ4n) is 1.65. The van der Waals surface area contributed by atoms with E-state index in [-0.39, 0.29) is 18.8 Å². The summed E-state index contributed by atoms with van der Waals surface area (Å²) >= 11 is 0. The molecule has 1 fully saturated rings. The maximum absolute atomic E-state index is 13.3. The average Bonchev–Trinajstić information content (AvgIpc) is 3.23. The molecule has 3 N–H and O–H groups in total. The van der Waals surface area contributed by atoms with E-state index in [1.807, 2.05) is 0 Å². The molecular formula is C14H19FN2O3. The Kier molecular flexibility index (Phi) is 5.31. The van der Waals surface area contributed by atoms with Crippen LogP contribution in [0.3, 0.4) is 0 Å². The number of aliphatic hydroxyl groups excluding tert-OH is 1. The van der Waals surface area contributed by atoms with Gasteiger partial charge in [0, 0.05) is 13.2 Å². The molecule has 1 atom stereocenters. The third kappa shape index (κ3) is 5.14. The second-order valence-corrected chi connectivity index (χ2v) is 4.95. The summed E-state index contributed by atoms with van der Waals surface area (Å²) in [7, 11) is 0. The highest BCUT2D eigenvalue weighted by atomic mass is 19.1. The van der Waals surface area contributed by atoms with E-state index in [9.17, 15) is 14.3 Å². The number of aliphatic hydroxyl groups is 1. The van der Waals surface area contributed by atoms with Crippen LogP contribution in [0.5, 0.6) is 0 Å². The van der Waals surface area contributed by atoms with Gasteiger partial charge < -0.3 is 20.5 Å². The molecule has 2 amide bonds. The molecule has 0 radical (unpaired) electrons. The van der Waals surface area contributed by atoms with E-state index >= 15 is 0 Å². The zero-order valence-corrected chi connectivity index (χ0v) is 11.1. The molecule has 0 aliphatic heterocycles. The maximum Gasteiger partial charge on any atom is 0.319 e. The van der Waals surface area contributed by atoms with Crippen molar-refractivity contribution >= 4 is 11.7 Å². The summed E-state index contributed by atoms with van der Waals surface area (Å²) in [6.07, 6.45) is 1.62. The number of amides is 2. The van der Waals surface area contributed by atoms with Crippen molar-refractivity contribution in [3.8, 4) is 0 Å². The molecule has 1 saturated carbocycles. The molecule has 0 heterocycles. The molecule has 1 aliphatic carbocycles. The summed E-state index contributed by atoms with van der Waals surface area (Å²) in [5.41, 5.74) is 0.101. The smallest absolute Gasteiger partial charge is 0.319 e. The van der Waals surface area contributed by atoms with Gasteiger partial charge in [-0.2, -0.15) is 0 Å². The van der Waals surface area contributed by atoms with Gasteiger partial charge >= 0.3 is 6.03 Å². The molecule has 20 heavy (non-hydrogen) atoms. The monoisotopic (exact) mass is 282 g/mol. The normalized spacial score (nSPS) is 15.7. The molecule has 110 valence electrons. The molecule has 0 bridgehead atoms. The predicted molar refractivity (Wildman–Crippen MR) is 73.0 cm³/mol. The number of urea groups is 1. The Balaban J connectivity index is 1.62. The number of carbonyl (C=O) groups excluding carboxylic acids is 1. The largest absolute Gasteiger partial charge is 0.389 e. The first-order valence-corrected chi connectivity index (χ1v) is 6.70. The number of hydrogen-bond acceptors (Lipinski definition) is 3. The van der Waals surface area contributed by atoms with Crippen LogP contribution in [0.4, 0.5) is 14.9 Å². The first kappa shape index (κ1) is 14.7. The maximum atomic E-state index is 13.3. The van der Waals surface area contributed by atoms with Crippen molar-refractivity contribution in [3.63, 3.8) is 0 Å². The Bertz CT molecular complexity index is 452. The lowest BCUT2D eigenvalue weighted by Crippen LogP contribution is -2.37. The molecule has 0 saturated heterocycles. The minimum Gasteiger partial charge on any atom is -0.389 e.